The molecule has 1 N–H and O–H groups in total. The Kier molecular flexibility index (Phi) is 5.10. The summed E-state index contributed by atoms with van der Waals surface area (Å²) in [5.74, 6) is 0. The van der Waals surface area contributed by atoms with Crippen LogP contribution < -0.4 is 0 Å². The molecule has 60 valence electrons. The molecule has 0 aromatic carbocycles. The highest BCUT2D eigenvalue weighted by Gasteiger charge is 2.05. The second kappa shape index (κ2) is 5.67. The number of aliphatic hydroxyl groups excluding tert-OH is 1. The SMILES string of the molecule is CN(CC#N)C[C@H](O)CC#N. The van der Waals surface area contributed by atoms with Gasteiger partial charge in [0.1, 0.15) is 0 Å². The Morgan fingerprint density at radius 3 is 2.55 bits per heavy atom. The van der Waals surface area contributed by atoms with Crippen molar-refractivity contribution in [3.63, 3.8) is 0 Å². The van der Waals surface area contributed by atoms with Crippen molar-refractivity contribution in [1.82, 2.24) is 4.90 Å². The fourth-order valence-corrected chi connectivity index (χ4v) is 0.715. The van der Waals surface area contributed by atoms with Gasteiger partial charge >= 0.3 is 0 Å². The lowest BCUT2D eigenvalue weighted by Crippen LogP contribution is -2.29. The number of rotatable bonds is 4. The molecule has 4 nitrogen and oxygen atoms in total. The summed E-state index contributed by atoms with van der Waals surface area (Å²) in [4.78, 5) is 1.67. The van der Waals surface area contributed by atoms with Crippen molar-refractivity contribution >= 4 is 0 Å². The van der Waals surface area contributed by atoms with Crippen molar-refractivity contribution in [1.29, 1.82) is 10.5 Å². The van der Waals surface area contributed by atoms with E-state index in [0.29, 0.717) is 6.54 Å². The van der Waals surface area contributed by atoms with Crippen LogP contribution in [0.3, 0.4) is 0 Å². The average molecular weight is 153 g/mol. The van der Waals surface area contributed by atoms with Crippen molar-refractivity contribution in [2.75, 3.05) is 20.1 Å². The molecule has 0 bridgehead atoms. The van der Waals surface area contributed by atoms with Crippen LogP contribution in [0.5, 0.6) is 0 Å². The van der Waals surface area contributed by atoms with Gasteiger partial charge in [0.15, 0.2) is 0 Å². The number of hydrogen-bond donors (Lipinski definition) is 1. The smallest absolute Gasteiger partial charge is 0.0864 e. The van der Waals surface area contributed by atoms with Crippen LogP contribution in [0.4, 0.5) is 0 Å². The Labute approximate surface area is 66.3 Å². The monoisotopic (exact) mass is 153 g/mol. The van der Waals surface area contributed by atoms with Crippen molar-refractivity contribution in [3.05, 3.63) is 0 Å². The molecule has 0 rings (SSSR count). The van der Waals surface area contributed by atoms with Gasteiger partial charge < -0.3 is 5.11 Å². The molecule has 0 amide bonds. The quantitative estimate of drug-likeness (QED) is 0.564. The van der Waals surface area contributed by atoms with Gasteiger partial charge in [0.05, 0.1) is 31.2 Å². The minimum absolute atomic E-state index is 0.121. The Morgan fingerprint density at radius 1 is 1.45 bits per heavy atom. The second-order valence-corrected chi connectivity index (χ2v) is 2.37. The fourth-order valence-electron chi connectivity index (χ4n) is 0.715. The largest absolute Gasteiger partial charge is 0.391 e. The zero-order valence-corrected chi connectivity index (χ0v) is 6.49. The molecule has 0 heterocycles. The van der Waals surface area contributed by atoms with Crippen LogP contribution in [-0.4, -0.2) is 36.2 Å². The van der Waals surface area contributed by atoms with E-state index < -0.39 is 6.10 Å². The molecule has 0 unspecified atom stereocenters. The summed E-state index contributed by atoms with van der Waals surface area (Å²) >= 11 is 0. The molecular weight excluding hydrogens is 142 g/mol. The first-order valence-electron chi connectivity index (χ1n) is 3.31. The van der Waals surface area contributed by atoms with Gasteiger partial charge in [-0.2, -0.15) is 10.5 Å². The predicted molar refractivity (Wildman–Crippen MR) is 39.3 cm³/mol. The lowest BCUT2D eigenvalue weighted by Gasteiger charge is -2.14. The van der Waals surface area contributed by atoms with E-state index in [-0.39, 0.29) is 13.0 Å². The highest BCUT2D eigenvalue weighted by atomic mass is 16.3. The molecule has 0 aromatic heterocycles. The number of hydrogen-bond acceptors (Lipinski definition) is 4. The van der Waals surface area contributed by atoms with Crippen LogP contribution in [0.25, 0.3) is 0 Å². The van der Waals surface area contributed by atoms with Gasteiger partial charge in [0.2, 0.25) is 0 Å². The zero-order chi connectivity index (χ0) is 8.69. The van der Waals surface area contributed by atoms with Crippen molar-refractivity contribution in [2.45, 2.75) is 12.5 Å². The van der Waals surface area contributed by atoms with E-state index in [0.717, 1.165) is 0 Å². The number of aliphatic hydroxyl groups is 1. The third kappa shape index (κ3) is 5.35. The molecule has 0 spiro atoms. The predicted octanol–water partition coefficient (Wildman–Crippen LogP) is -0.284. The van der Waals surface area contributed by atoms with Gasteiger partial charge in [-0.05, 0) is 7.05 Å². The maximum atomic E-state index is 9.07. The van der Waals surface area contributed by atoms with E-state index in [1.807, 2.05) is 12.1 Å². The molecule has 0 aromatic rings. The first-order chi connectivity index (χ1) is 5.20. The van der Waals surface area contributed by atoms with Crippen molar-refractivity contribution in [3.8, 4) is 12.1 Å². The standard InChI is InChI=1S/C7H11N3O/c1-10(5-4-9)6-7(11)2-3-8/h7,11H,2,5-6H2,1H3/t7-/m1/s1. The minimum atomic E-state index is -0.640. The zero-order valence-electron chi connectivity index (χ0n) is 6.49. The van der Waals surface area contributed by atoms with Gasteiger partial charge in [-0.15, -0.1) is 0 Å². The Hall–Kier alpha value is -1.10. The molecule has 4 heteroatoms. The Bertz CT molecular complexity index is 159. The second-order valence-electron chi connectivity index (χ2n) is 2.37. The molecule has 0 fully saturated rings. The Morgan fingerprint density at radius 2 is 2.09 bits per heavy atom. The summed E-state index contributed by atoms with van der Waals surface area (Å²) in [7, 11) is 1.73. The molecule has 0 aliphatic heterocycles. The van der Waals surface area contributed by atoms with E-state index >= 15 is 0 Å². The summed E-state index contributed by atoms with van der Waals surface area (Å²) in [5.41, 5.74) is 0. The van der Waals surface area contributed by atoms with Crippen LogP contribution in [0.2, 0.25) is 0 Å². The number of nitriles is 2. The molecule has 11 heavy (non-hydrogen) atoms. The van der Waals surface area contributed by atoms with Gasteiger partial charge in [-0.25, -0.2) is 0 Å². The van der Waals surface area contributed by atoms with E-state index in [1.165, 1.54) is 0 Å². The maximum Gasteiger partial charge on any atom is 0.0864 e. The van der Waals surface area contributed by atoms with Crippen LogP contribution >= 0.6 is 0 Å². The molecule has 0 saturated heterocycles. The topological polar surface area (TPSA) is 71.1 Å². The molecule has 0 aliphatic rings. The summed E-state index contributed by atoms with van der Waals surface area (Å²) in [6.45, 7) is 0.656. The molecular formula is C7H11N3O. The number of likely N-dealkylation sites (N-methyl/N-ethyl adjacent to an activating group) is 1. The van der Waals surface area contributed by atoms with Gasteiger partial charge in [-0.1, -0.05) is 0 Å². The van der Waals surface area contributed by atoms with Crippen LogP contribution in [0.15, 0.2) is 0 Å². The third-order valence-corrected chi connectivity index (χ3v) is 1.19. The average Bonchev–Trinajstić information content (AvgIpc) is 1.87. The number of nitrogens with zero attached hydrogens (tertiary/aromatic N) is 3. The lowest BCUT2D eigenvalue weighted by atomic mass is 10.2. The molecule has 1 atom stereocenters. The highest BCUT2D eigenvalue weighted by Crippen LogP contribution is 1.92. The third-order valence-electron chi connectivity index (χ3n) is 1.19. The summed E-state index contributed by atoms with van der Waals surface area (Å²) in [6.07, 6.45) is -0.520. The molecule has 0 radical (unpaired) electrons. The Balaban J connectivity index is 3.51. The van der Waals surface area contributed by atoms with E-state index in [1.54, 1.807) is 11.9 Å². The fraction of sp³-hybridized carbons (Fsp3) is 0.714. The van der Waals surface area contributed by atoms with Gasteiger partial charge in [0.25, 0.3) is 0 Å². The van der Waals surface area contributed by atoms with Crippen LogP contribution in [0, 0.1) is 22.7 Å². The van der Waals surface area contributed by atoms with E-state index in [2.05, 4.69) is 0 Å². The van der Waals surface area contributed by atoms with Crippen molar-refractivity contribution in [2.24, 2.45) is 0 Å². The summed E-state index contributed by atoms with van der Waals surface area (Å²) < 4.78 is 0. The first-order valence-corrected chi connectivity index (χ1v) is 3.31. The highest BCUT2D eigenvalue weighted by molar-refractivity contribution is 4.80. The lowest BCUT2D eigenvalue weighted by molar-refractivity contribution is 0.135. The minimum Gasteiger partial charge on any atom is -0.391 e. The van der Waals surface area contributed by atoms with E-state index in [9.17, 15) is 0 Å². The maximum absolute atomic E-state index is 9.07. The summed E-state index contributed by atoms with van der Waals surface area (Å²) in [5, 5.41) is 25.5. The van der Waals surface area contributed by atoms with Gasteiger partial charge in [-0.3, -0.25) is 4.90 Å². The van der Waals surface area contributed by atoms with E-state index in [4.69, 9.17) is 15.6 Å². The first kappa shape index (κ1) is 9.90. The van der Waals surface area contributed by atoms with Crippen LogP contribution in [0.1, 0.15) is 6.42 Å². The normalized spacial score (nSPS) is 12.1. The summed E-state index contributed by atoms with van der Waals surface area (Å²) in [6, 6.07) is 3.80. The molecule has 0 aliphatic carbocycles. The van der Waals surface area contributed by atoms with Crippen molar-refractivity contribution < 1.29 is 5.11 Å². The van der Waals surface area contributed by atoms with Crippen LogP contribution in [-0.2, 0) is 0 Å². The molecule has 0 saturated carbocycles. The van der Waals surface area contributed by atoms with Gasteiger partial charge in [0, 0.05) is 6.54 Å².